The number of esters is 1. The first-order valence-electron chi connectivity index (χ1n) is 11.0. The van der Waals surface area contributed by atoms with E-state index in [0.717, 1.165) is 16.8 Å². The molecule has 4 rings (SSSR count). The third-order valence-electron chi connectivity index (χ3n) is 6.06. The van der Waals surface area contributed by atoms with Crippen molar-refractivity contribution in [2.45, 2.75) is 38.8 Å². The molecule has 0 radical (unpaired) electrons. The zero-order valence-electron chi connectivity index (χ0n) is 19.0. The standard InChI is InChI=1S/C24H27N3O4S2/c1-4-31-23(30)17-8-11-26(12-9-17)20(28)14-33-24-25-18-10-13-32-21(18)22(29)27(24)19-7-5-6-15(2)16(19)3/h5-7,10,13,17H,4,8-9,11-12,14H2,1-3H3. The van der Waals surface area contributed by atoms with Crippen LogP contribution in [-0.2, 0) is 14.3 Å². The van der Waals surface area contributed by atoms with Gasteiger partial charge in [-0.2, -0.15) is 0 Å². The lowest BCUT2D eigenvalue weighted by Crippen LogP contribution is -2.41. The summed E-state index contributed by atoms with van der Waals surface area (Å²) in [5.74, 6) is -0.158. The number of likely N-dealkylation sites (tertiary alicyclic amines) is 1. The average Bonchev–Trinajstić information content (AvgIpc) is 3.29. The summed E-state index contributed by atoms with van der Waals surface area (Å²) in [6.07, 6.45) is 1.23. The molecule has 0 aliphatic carbocycles. The number of aromatic nitrogens is 2. The molecule has 1 amide bonds. The number of benzene rings is 1. The largest absolute Gasteiger partial charge is 0.466 e. The van der Waals surface area contributed by atoms with E-state index in [1.54, 1.807) is 16.4 Å². The van der Waals surface area contributed by atoms with Gasteiger partial charge in [0.15, 0.2) is 5.16 Å². The predicted molar refractivity (Wildman–Crippen MR) is 131 cm³/mol. The van der Waals surface area contributed by atoms with Crippen LogP contribution in [0.5, 0.6) is 0 Å². The lowest BCUT2D eigenvalue weighted by molar-refractivity contribution is -0.151. The van der Waals surface area contributed by atoms with Crippen LogP contribution in [0.3, 0.4) is 0 Å². The molecule has 0 unspecified atom stereocenters. The van der Waals surface area contributed by atoms with Crippen molar-refractivity contribution in [2.75, 3.05) is 25.4 Å². The molecular weight excluding hydrogens is 458 g/mol. The molecule has 3 heterocycles. The Labute approximate surface area is 200 Å². The third kappa shape index (κ3) is 4.84. The number of hydrogen-bond donors (Lipinski definition) is 0. The maximum atomic E-state index is 13.4. The molecule has 9 heteroatoms. The van der Waals surface area contributed by atoms with Crippen LogP contribution in [0.15, 0.2) is 39.6 Å². The summed E-state index contributed by atoms with van der Waals surface area (Å²) in [6.45, 7) is 7.23. The van der Waals surface area contributed by atoms with Crippen molar-refractivity contribution in [3.8, 4) is 5.69 Å². The lowest BCUT2D eigenvalue weighted by atomic mass is 9.97. The zero-order chi connectivity index (χ0) is 23.5. The second-order valence-electron chi connectivity index (χ2n) is 8.08. The fourth-order valence-electron chi connectivity index (χ4n) is 4.02. The van der Waals surface area contributed by atoms with Crippen molar-refractivity contribution < 1.29 is 14.3 Å². The molecule has 0 spiro atoms. The maximum Gasteiger partial charge on any atom is 0.309 e. The summed E-state index contributed by atoms with van der Waals surface area (Å²) in [5, 5.41) is 2.37. The number of amides is 1. The molecule has 2 aromatic heterocycles. The molecule has 1 aromatic carbocycles. The maximum absolute atomic E-state index is 13.4. The SMILES string of the molecule is CCOC(=O)C1CCN(C(=O)CSc2nc3ccsc3c(=O)n2-c2cccc(C)c2C)CC1. The Morgan fingerprint density at radius 1 is 1.21 bits per heavy atom. The molecule has 1 aliphatic heterocycles. The van der Waals surface area contributed by atoms with Crippen LogP contribution in [0.2, 0.25) is 0 Å². The van der Waals surface area contributed by atoms with Crippen LogP contribution in [0, 0.1) is 19.8 Å². The van der Waals surface area contributed by atoms with Crippen LogP contribution in [0.4, 0.5) is 0 Å². The van der Waals surface area contributed by atoms with E-state index in [2.05, 4.69) is 0 Å². The molecule has 7 nitrogen and oxygen atoms in total. The molecule has 0 saturated carbocycles. The number of thioether (sulfide) groups is 1. The molecule has 33 heavy (non-hydrogen) atoms. The second-order valence-corrected chi connectivity index (χ2v) is 9.94. The number of piperidine rings is 1. The summed E-state index contributed by atoms with van der Waals surface area (Å²) in [6, 6.07) is 7.69. The van der Waals surface area contributed by atoms with E-state index in [9.17, 15) is 14.4 Å². The third-order valence-corrected chi connectivity index (χ3v) is 7.87. The number of aryl methyl sites for hydroxylation is 1. The Balaban J connectivity index is 1.54. The zero-order valence-corrected chi connectivity index (χ0v) is 20.6. The second kappa shape index (κ2) is 10.1. The van der Waals surface area contributed by atoms with Crippen LogP contribution < -0.4 is 5.56 Å². The quantitative estimate of drug-likeness (QED) is 0.299. The van der Waals surface area contributed by atoms with Crippen molar-refractivity contribution >= 4 is 45.2 Å². The number of nitrogens with zero attached hydrogens (tertiary/aromatic N) is 3. The topological polar surface area (TPSA) is 81.5 Å². The fraction of sp³-hybridized carbons (Fsp3) is 0.417. The summed E-state index contributed by atoms with van der Waals surface area (Å²) in [7, 11) is 0. The molecule has 1 saturated heterocycles. The Kier molecular flexibility index (Phi) is 7.19. The Morgan fingerprint density at radius 3 is 2.70 bits per heavy atom. The summed E-state index contributed by atoms with van der Waals surface area (Å²) in [4.78, 5) is 44.7. The summed E-state index contributed by atoms with van der Waals surface area (Å²) in [5.41, 5.74) is 3.41. The highest BCUT2D eigenvalue weighted by atomic mass is 32.2. The number of carbonyl (C=O) groups is 2. The summed E-state index contributed by atoms with van der Waals surface area (Å²) >= 11 is 2.66. The van der Waals surface area contributed by atoms with Gasteiger partial charge < -0.3 is 9.64 Å². The number of fused-ring (bicyclic) bond motifs is 1. The smallest absolute Gasteiger partial charge is 0.309 e. The predicted octanol–water partition coefficient (Wildman–Crippen LogP) is 3.96. The minimum atomic E-state index is -0.176. The van der Waals surface area contributed by atoms with Crippen LogP contribution in [0.1, 0.15) is 30.9 Å². The van der Waals surface area contributed by atoms with Gasteiger partial charge in [0, 0.05) is 13.1 Å². The minimum Gasteiger partial charge on any atom is -0.466 e. The Morgan fingerprint density at radius 2 is 1.97 bits per heavy atom. The molecular formula is C24H27N3O4S2. The fourth-order valence-corrected chi connectivity index (χ4v) is 5.69. The van der Waals surface area contributed by atoms with E-state index in [-0.39, 0.29) is 29.1 Å². The van der Waals surface area contributed by atoms with Gasteiger partial charge in [0.1, 0.15) is 4.70 Å². The Bertz CT molecular complexity index is 1240. The molecule has 0 atom stereocenters. The molecule has 3 aromatic rings. The van der Waals surface area contributed by atoms with Gasteiger partial charge in [-0.25, -0.2) is 4.98 Å². The van der Waals surface area contributed by atoms with Gasteiger partial charge in [-0.05, 0) is 62.3 Å². The van der Waals surface area contributed by atoms with E-state index in [0.29, 0.717) is 47.9 Å². The Hall–Kier alpha value is -2.65. The van der Waals surface area contributed by atoms with E-state index >= 15 is 0 Å². The van der Waals surface area contributed by atoms with Crippen molar-refractivity contribution in [1.82, 2.24) is 14.5 Å². The van der Waals surface area contributed by atoms with Gasteiger partial charge in [0.05, 0.1) is 29.5 Å². The number of rotatable bonds is 6. The normalized spacial score (nSPS) is 14.6. The first-order chi connectivity index (χ1) is 15.9. The number of carbonyl (C=O) groups excluding carboxylic acids is 2. The van der Waals surface area contributed by atoms with Gasteiger partial charge in [0.25, 0.3) is 5.56 Å². The van der Waals surface area contributed by atoms with Crippen molar-refractivity contribution in [2.24, 2.45) is 5.92 Å². The first kappa shape index (κ1) is 23.5. The van der Waals surface area contributed by atoms with Crippen LogP contribution in [-0.4, -0.2) is 51.8 Å². The van der Waals surface area contributed by atoms with Gasteiger partial charge >= 0.3 is 5.97 Å². The van der Waals surface area contributed by atoms with Crippen molar-refractivity contribution in [1.29, 1.82) is 0 Å². The molecule has 174 valence electrons. The van der Waals surface area contributed by atoms with Gasteiger partial charge in [-0.15, -0.1) is 11.3 Å². The van der Waals surface area contributed by atoms with Crippen molar-refractivity contribution in [3.63, 3.8) is 0 Å². The monoisotopic (exact) mass is 485 g/mol. The van der Waals surface area contributed by atoms with Gasteiger partial charge in [0.2, 0.25) is 5.91 Å². The highest BCUT2D eigenvalue weighted by Gasteiger charge is 2.28. The number of thiophene rings is 1. The van der Waals surface area contributed by atoms with Gasteiger partial charge in [-0.1, -0.05) is 23.9 Å². The highest BCUT2D eigenvalue weighted by molar-refractivity contribution is 7.99. The molecule has 1 fully saturated rings. The van der Waals surface area contributed by atoms with Gasteiger partial charge in [-0.3, -0.25) is 19.0 Å². The molecule has 0 N–H and O–H groups in total. The van der Waals surface area contributed by atoms with E-state index in [4.69, 9.17) is 9.72 Å². The highest BCUT2D eigenvalue weighted by Crippen LogP contribution is 2.27. The number of hydrogen-bond acceptors (Lipinski definition) is 7. The van der Waals surface area contributed by atoms with E-state index in [1.807, 2.05) is 43.5 Å². The van der Waals surface area contributed by atoms with Crippen LogP contribution in [0.25, 0.3) is 15.9 Å². The van der Waals surface area contributed by atoms with E-state index < -0.39 is 0 Å². The lowest BCUT2D eigenvalue weighted by Gasteiger charge is -2.30. The molecule has 0 bridgehead atoms. The molecule has 1 aliphatic rings. The van der Waals surface area contributed by atoms with E-state index in [1.165, 1.54) is 23.1 Å². The average molecular weight is 486 g/mol. The summed E-state index contributed by atoms with van der Waals surface area (Å²) < 4.78 is 7.34. The van der Waals surface area contributed by atoms with Crippen LogP contribution >= 0.6 is 23.1 Å². The van der Waals surface area contributed by atoms with Crippen molar-refractivity contribution in [3.05, 3.63) is 51.1 Å². The number of ether oxygens (including phenoxy) is 1. The minimum absolute atomic E-state index is 0.0190. The first-order valence-corrected chi connectivity index (χ1v) is 12.9.